The summed E-state index contributed by atoms with van der Waals surface area (Å²) in [5.74, 6) is 0.170. The molecule has 0 radical (unpaired) electrons. The van der Waals surface area contributed by atoms with Crippen LogP contribution in [-0.4, -0.2) is 57.7 Å². The fourth-order valence-corrected chi connectivity index (χ4v) is 4.20. The molecule has 1 aromatic heterocycles. The van der Waals surface area contributed by atoms with Gasteiger partial charge in [-0.25, -0.2) is 0 Å². The predicted molar refractivity (Wildman–Crippen MR) is 107 cm³/mol. The van der Waals surface area contributed by atoms with Gasteiger partial charge in [0, 0.05) is 43.5 Å². The Labute approximate surface area is 162 Å². The number of amides is 1. The molecule has 1 amide bonds. The summed E-state index contributed by atoms with van der Waals surface area (Å²) in [6.45, 7) is 8.71. The number of nitrogens with zero attached hydrogens (tertiary/aromatic N) is 4. The van der Waals surface area contributed by atoms with Crippen LogP contribution in [0.2, 0.25) is 0 Å². The van der Waals surface area contributed by atoms with E-state index in [0.29, 0.717) is 0 Å². The van der Waals surface area contributed by atoms with E-state index in [4.69, 9.17) is 0 Å². The van der Waals surface area contributed by atoms with Crippen molar-refractivity contribution in [2.24, 2.45) is 0 Å². The Morgan fingerprint density at radius 1 is 1.04 bits per heavy atom. The quantitative estimate of drug-likeness (QED) is 0.834. The lowest BCUT2D eigenvalue weighted by molar-refractivity contribution is 0.0749. The summed E-state index contributed by atoms with van der Waals surface area (Å²) in [7, 11) is 0. The number of rotatable bonds is 4. The van der Waals surface area contributed by atoms with E-state index >= 15 is 0 Å². The topological polar surface area (TPSA) is 41.4 Å². The van der Waals surface area contributed by atoms with Crippen LogP contribution in [0.25, 0.3) is 0 Å². The van der Waals surface area contributed by atoms with Gasteiger partial charge in [-0.05, 0) is 56.9 Å². The van der Waals surface area contributed by atoms with Crippen molar-refractivity contribution in [1.82, 2.24) is 19.6 Å². The van der Waals surface area contributed by atoms with Gasteiger partial charge in [0.2, 0.25) is 0 Å². The molecule has 2 heterocycles. The smallest absolute Gasteiger partial charge is 0.253 e. The molecule has 5 heteroatoms. The third-order valence-corrected chi connectivity index (χ3v) is 6.05. The maximum atomic E-state index is 12.9. The molecule has 0 bridgehead atoms. The van der Waals surface area contributed by atoms with Crippen molar-refractivity contribution in [1.29, 1.82) is 0 Å². The van der Waals surface area contributed by atoms with E-state index in [1.54, 1.807) is 0 Å². The minimum Gasteiger partial charge on any atom is -0.337 e. The largest absolute Gasteiger partial charge is 0.337 e. The summed E-state index contributed by atoms with van der Waals surface area (Å²) in [5.41, 5.74) is 4.17. The number of aromatic nitrogens is 2. The maximum Gasteiger partial charge on any atom is 0.253 e. The Morgan fingerprint density at radius 2 is 1.81 bits per heavy atom. The predicted octanol–water partition coefficient (Wildman–Crippen LogP) is 3.25. The van der Waals surface area contributed by atoms with E-state index < -0.39 is 0 Å². The molecule has 0 atom stereocenters. The molecule has 2 aromatic rings. The summed E-state index contributed by atoms with van der Waals surface area (Å²) in [6, 6.07) is 10.9. The monoisotopic (exact) mass is 366 g/mol. The van der Waals surface area contributed by atoms with Crippen molar-refractivity contribution in [2.45, 2.75) is 52.1 Å². The van der Waals surface area contributed by atoms with Crippen molar-refractivity contribution in [3.8, 4) is 0 Å². The third-order valence-electron chi connectivity index (χ3n) is 6.05. The average Bonchev–Trinajstić information content (AvgIpc) is 2.81. The van der Waals surface area contributed by atoms with Gasteiger partial charge in [-0.1, -0.05) is 18.6 Å². The van der Waals surface area contributed by atoms with Crippen LogP contribution in [0.5, 0.6) is 0 Å². The average molecular weight is 367 g/mol. The number of hydrogen-bond donors (Lipinski definition) is 0. The summed E-state index contributed by atoms with van der Waals surface area (Å²) in [6.07, 6.45) is 5.13. The van der Waals surface area contributed by atoms with Crippen LogP contribution in [0.1, 0.15) is 53.0 Å². The molecular formula is C22H30N4O. The summed E-state index contributed by atoms with van der Waals surface area (Å²) < 4.78 is 2.01. The molecule has 27 heavy (non-hydrogen) atoms. The molecule has 0 unspecified atom stereocenters. The number of carbonyl (C=O) groups excluding carboxylic acids is 1. The minimum atomic E-state index is 0.170. The Hall–Kier alpha value is -2.14. The van der Waals surface area contributed by atoms with Crippen molar-refractivity contribution < 1.29 is 4.79 Å². The molecular weight excluding hydrogens is 336 g/mol. The van der Waals surface area contributed by atoms with Crippen molar-refractivity contribution >= 4 is 5.91 Å². The maximum absolute atomic E-state index is 12.9. The molecule has 1 aliphatic carbocycles. The molecule has 1 saturated carbocycles. The highest BCUT2D eigenvalue weighted by Gasteiger charge is 2.27. The SMILES string of the molecule is Cc1cc(C)n(Cc2ccc(C(=O)N3CCCN(C4CCC4)CC3)cc2)n1. The Balaban J connectivity index is 1.37. The van der Waals surface area contributed by atoms with Crippen LogP contribution in [0.3, 0.4) is 0 Å². The highest BCUT2D eigenvalue weighted by Crippen LogP contribution is 2.25. The lowest BCUT2D eigenvalue weighted by atomic mass is 9.91. The molecule has 4 rings (SSSR count). The van der Waals surface area contributed by atoms with Crippen LogP contribution in [0.15, 0.2) is 30.3 Å². The summed E-state index contributed by atoms with van der Waals surface area (Å²) >= 11 is 0. The van der Waals surface area contributed by atoms with E-state index in [1.165, 1.54) is 24.8 Å². The molecule has 2 aliphatic rings. The van der Waals surface area contributed by atoms with Gasteiger partial charge in [0.05, 0.1) is 12.2 Å². The molecule has 1 aliphatic heterocycles. The zero-order valence-corrected chi connectivity index (χ0v) is 16.5. The first-order chi connectivity index (χ1) is 13.1. The number of carbonyl (C=O) groups is 1. The fourth-order valence-electron chi connectivity index (χ4n) is 4.20. The van der Waals surface area contributed by atoms with Gasteiger partial charge in [0.15, 0.2) is 0 Å². The zero-order chi connectivity index (χ0) is 18.8. The Kier molecular flexibility index (Phi) is 5.30. The van der Waals surface area contributed by atoms with Crippen molar-refractivity contribution in [3.05, 3.63) is 52.8 Å². The summed E-state index contributed by atoms with van der Waals surface area (Å²) in [4.78, 5) is 17.6. The Morgan fingerprint density at radius 3 is 2.44 bits per heavy atom. The second-order valence-electron chi connectivity index (χ2n) is 8.05. The van der Waals surface area contributed by atoms with E-state index in [0.717, 1.165) is 62.1 Å². The van der Waals surface area contributed by atoms with Crippen LogP contribution in [-0.2, 0) is 6.54 Å². The van der Waals surface area contributed by atoms with Crippen molar-refractivity contribution in [2.75, 3.05) is 26.2 Å². The number of benzene rings is 1. The number of hydrogen-bond acceptors (Lipinski definition) is 3. The van der Waals surface area contributed by atoms with E-state index in [-0.39, 0.29) is 5.91 Å². The van der Waals surface area contributed by atoms with Crippen LogP contribution >= 0.6 is 0 Å². The first-order valence-electron chi connectivity index (χ1n) is 10.2. The molecule has 0 spiro atoms. The lowest BCUT2D eigenvalue weighted by Gasteiger charge is -2.36. The highest BCUT2D eigenvalue weighted by atomic mass is 16.2. The first kappa shape index (κ1) is 18.2. The van der Waals surface area contributed by atoms with E-state index in [1.807, 2.05) is 28.6 Å². The second-order valence-corrected chi connectivity index (χ2v) is 8.05. The standard InChI is InChI=1S/C22H30N4O/c1-17-15-18(2)26(23-17)16-19-7-9-20(10-8-19)22(27)25-12-4-11-24(13-14-25)21-5-3-6-21/h7-10,15,21H,3-6,11-14,16H2,1-2H3. The molecule has 1 saturated heterocycles. The lowest BCUT2D eigenvalue weighted by Crippen LogP contribution is -2.42. The molecule has 0 N–H and O–H groups in total. The van der Waals surface area contributed by atoms with Gasteiger partial charge >= 0.3 is 0 Å². The van der Waals surface area contributed by atoms with Gasteiger partial charge in [-0.15, -0.1) is 0 Å². The molecule has 5 nitrogen and oxygen atoms in total. The zero-order valence-electron chi connectivity index (χ0n) is 16.5. The highest BCUT2D eigenvalue weighted by molar-refractivity contribution is 5.94. The van der Waals surface area contributed by atoms with Gasteiger partial charge < -0.3 is 4.90 Å². The van der Waals surface area contributed by atoms with Crippen LogP contribution in [0, 0.1) is 13.8 Å². The van der Waals surface area contributed by atoms with Gasteiger partial charge in [0.25, 0.3) is 5.91 Å². The third kappa shape index (κ3) is 4.08. The summed E-state index contributed by atoms with van der Waals surface area (Å²) in [5, 5.41) is 4.52. The van der Waals surface area contributed by atoms with Crippen molar-refractivity contribution in [3.63, 3.8) is 0 Å². The fraction of sp³-hybridized carbons (Fsp3) is 0.545. The van der Waals surface area contributed by atoms with Gasteiger partial charge in [-0.2, -0.15) is 5.10 Å². The van der Waals surface area contributed by atoms with E-state index in [9.17, 15) is 4.79 Å². The molecule has 1 aromatic carbocycles. The van der Waals surface area contributed by atoms with E-state index in [2.05, 4.69) is 35.1 Å². The van der Waals surface area contributed by atoms with Crippen LogP contribution in [0.4, 0.5) is 0 Å². The number of aryl methyl sites for hydroxylation is 2. The second kappa shape index (κ2) is 7.85. The Bertz CT molecular complexity index is 791. The van der Waals surface area contributed by atoms with Gasteiger partial charge in [-0.3, -0.25) is 14.4 Å². The minimum absolute atomic E-state index is 0.170. The normalized spacial score (nSPS) is 19.0. The molecule has 144 valence electrons. The molecule has 2 fully saturated rings. The van der Waals surface area contributed by atoms with Crippen LogP contribution < -0.4 is 0 Å². The van der Waals surface area contributed by atoms with Gasteiger partial charge in [0.1, 0.15) is 0 Å². The first-order valence-corrected chi connectivity index (χ1v) is 10.2.